The summed E-state index contributed by atoms with van der Waals surface area (Å²) in [5.41, 5.74) is 0.656. The summed E-state index contributed by atoms with van der Waals surface area (Å²) in [6, 6.07) is 7.43. The van der Waals surface area contributed by atoms with E-state index in [1.165, 1.54) is 4.90 Å². The maximum absolute atomic E-state index is 12.5. The monoisotopic (exact) mass is 374 g/mol. The van der Waals surface area contributed by atoms with E-state index in [9.17, 15) is 9.59 Å². The van der Waals surface area contributed by atoms with Crippen molar-refractivity contribution < 1.29 is 9.59 Å². The normalized spacial score (nSPS) is 10.1. The van der Waals surface area contributed by atoms with Crippen LogP contribution in [0.4, 0.5) is 0 Å². The van der Waals surface area contributed by atoms with E-state index < -0.39 is 0 Å². The van der Waals surface area contributed by atoms with Crippen LogP contribution in [-0.2, 0) is 4.79 Å². The van der Waals surface area contributed by atoms with Gasteiger partial charge in [-0.2, -0.15) is 0 Å². The van der Waals surface area contributed by atoms with Crippen molar-refractivity contribution in [1.82, 2.24) is 9.80 Å². The Kier molecular flexibility index (Phi) is 6.27. The molecule has 0 bridgehead atoms. The molecule has 0 aliphatic carbocycles. The average molecular weight is 374 g/mol. The standard InChI is InChI=1S/C14H19IN2O2/c1-4-9-17(10-13(18)16(2)3)14(19)11-7-5-6-8-12(11)15/h5-8H,4,9-10H2,1-3H3. The summed E-state index contributed by atoms with van der Waals surface area (Å²) in [5, 5.41) is 0. The highest BCUT2D eigenvalue weighted by molar-refractivity contribution is 14.1. The lowest BCUT2D eigenvalue weighted by Crippen LogP contribution is -2.40. The summed E-state index contributed by atoms with van der Waals surface area (Å²) in [7, 11) is 3.40. The third-order valence-corrected chi connectivity index (χ3v) is 3.65. The second kappa shape index (κ2) is 7.47. The lowest BCUT2D eigenvalue weighted by Gasteiger charge is -2.23. The lowest BCUT2D eigenvalue weighted by atomic mass is 10.2. The molecule has 0 fully saturated rings. The van der Waals surface area contributed by atoms with Gasteiger partial charge in [0.1, 0.15) is 6.54 Å². The summed E-state index contributed by atoms with van der Waals surface area (Å²) in [6.45, 7) is 2.71. The first-order valence-corrected chi connectivity index (χ1v) is 7.29. The number of nitrogens with zero attached hydrogens (tertiary/aromatic N) is 2. The predicted molar refractivity (Wildman–Crippen MR) is 84.0 cm³/mol. The fourth-order valence-electron chi connectivity index (χ4n) is 1.63. The van der Waals surface area contributed by atoms with E-state index in [4.69, 9.17) is 0 Å². The number of amides is 2. The van der Waals surface area contributed by atoms with E-state index in [0.29, 0.717) is 12.1 Å². The first-order chi connectivity index (χ1) is 8.97. The molecule has 2 amide bonds. The summed E-state index contributed by atoms with van der Waals surface area (Å²) in [4.78, 5) is 27.4. The third-order valence-electron chi connectivity index (χ3n) is 2.71. The van der Waals surface area contributed by atoms with Gasteiger partial charge in [-0.25, -0.2) is 0 Å². The molecule has 104 valence electrons. The van der Waals surface area contributed by atoms with Crippen LogP contribution in [0.3, 0.4) is 0 Å². The zero-order valence-electron chi connectivity index (χ0n) is 11.5. The number of carbonyl (C=O) groups is 2. The molecular formula is C14H19IN2O2. The van der Waals surface area contributed by atoms with Gasteiger partial charge in [-0.15, -0.1) is 0 Å². The summed E-state index contributed by atoms with van der Waals surface area (Å²) in [5.74, 6) is -0.144. The number of rotatable bonds is 5. The summed E-state index contributed by atoms with van der Waals surface area (Å²) >= 11 is 2.14. The lowest BCUT2D eigenvalue weighted by molar-refractivity contribution is -0.129. The molecule has 0 unspecified atom stereocenters. The molecule has 0 spiro atoms. The van der Waals surface area contributed by atoms with Gasteiger partial charge >= 0.3 is 0 Å². The minimum atomic E-state index is -0.0814. The van der Waals surface area contributed by atoms with E-state index in [2.05, 4.69) is 22.6 Å². The molecule has 0 radical (unpaired) electrons. The smallest absolute Gasteiger partial charge is 0.255 e. The van der Waals surface area contributed by atoms with Crippen LogP contribution in [0.1, 0.15) is 23.7 Å². The first-order valence-electron chi connectivity index (χ1n) is 6.21. The van der Waals surface area contributed by atoms with Crippen molar-refractivity contribution in [3.63, 3.8) is 0 Å². The Hall–Kier alpha value is -1.11. The van der Waals surface area contributed by atoms with Gasteiger partial charge in [-0.05, 0) is 41.1 Å². The summed E-state index contributed by atoms with van der Waals surface area (Å²) < 4.78 is 0.906. The Balaban J connectivity index is 2.90. The van der Waals surface area contributed by atoms with E-state index in [-0.39, 0.29) is 18.4 Å². The molecule has 4 nitrogen and oxygen atoms in total. The maximum Gasteiger partial charge on any atom is 0.255 e. The highest BCUT2D eigenvalue weighted by atomic mass is 127. The maximum atomic E-state index is 12.5. The fraction of sp³-hybridized carbons (Fsp3) is 0.429. The quantitative estimate of drug-likeness (QED) is 0.742. The number of benzene rings is 1. The van der Waals surface area contributed by atoms with Crippen molar-refractivity contribution in [2.75, 3.05) is 27.2 Å². The Morgan fingerprint density at radius 3 is 2.37 bits per heavy atom. The van der Waals surface area contributed by atoms with Crippen LogP contribution in [0.25, 0.3) is 0 Å². The Morgan fingerprint density at radius 1 is 1.21 bits per heavy atom. The van der Waals surface area contributed by atoms with E-state index in [1.807, 2.05) is 25.1 Å². The number of hydrogen-bond donors (Lipinski definition) is 0. The molecule has 0 N–H and O–H groups in total. The SMILES string of the molecule is CCCN(CC(=O)N(C)C)C(=O)c1ccccc1I. The van der Waals surface area contributed by atoms with Gasteiger partial charge in [-0.1, -0.05) is 19.1 Å². The van der Waals surface area contributed by atoms with Gasteiger partial charge in [0, 0.05) is 24.2 Å². The van der Waals surface area contributed by atoms with Crippen LogP contribution in [0.15, 0.2) is 24.3 Å². The summed E-state index contributed by atoms with van der Waals surface area (Å²) in [6.07, 6.45) is 0.829. The van der Waals surface area contributed by atoms with Gasteiger partial charge in [0.25, 0.3) is 5.91 Å². The van der Waals surface area contributed by atoms with Crippen LogP contribution >= 0.6 is 22.6 Å². The topological polar surface area (TPSA) is 40.6 Å². The van der Waals surface area contributed by atoms with Crippen LogP contribution < -0.4 is 0 Å². The van der Waals surface area contributed by atoms with Gasteiger partial charge in [0.15, 0.2) is 0 Å². The predicted octanol–water partition coefficient (Wildman–Crippen LogP) is 2.23. The van der Waals surface area contributed by atoms with Gasteiger partial charge in [-0.3, -0.25) is 9.59 Å². The average Bonchev–Trinajstić information content (AvgIpc) is 2.37. The van der Waals surface area contributed by atoms with Crippen molar-refractivity contribution >= 4 is 34.4 Å². The molecule has 0 saturated carbocycles. The van der Waals surface area contributed by atoms with E-state index in [1.54, 1.807) is 25.1 Å². The third kappa shape index (κ3) is 4.49. The number of halogens is 1. The molecule has 0 aromatic heterocycles. The number of carbonyl (C=O) groups excluding carboxylic acids is 2. The van der Waals surface area contributed by atoms with Crippen molar-refractivity contribution in [1.29, 1.82) is 0 Å². The molecule has 0 saturated heterocycles. The van der Waals surface area contributed by atoms with Crippen LogP contribution in [0.2, 0.25) is 0 Å². The molecule has 1 aromatic rings. The van der Waals surface area contributed by atoms with Gasteiger partial charge in [0.2, 0.25) is 5.91 Å². The molecule has 0 heterocycles. The molecule has 1 rings (SSSR count). The molecule has 1 aromatic carbocycles. The highest BCUT2D eigenvalue weighted by Gasteiger charge is 2.20. The minimum Gasteiger partial charge on any atom is -0.347 e. The highest BCUT2D eigenvalue weighted by Crippen LogP contribution is 2.14. The number of likely N-dealkylation sites (N-methyl/N-ethyl adjacent to an activating group) is 1. The second-order valence-corrected chi connectivity index (χ2v) is 5.66. The van der Waals surface area contributed by atoms with Crippen molar-refractivity contribution in [2.45, 2.75) is 13.3 Å². The van der Waals surface area contributed by atoms with E-state index in [0.717, 1.165) is 9.99 Å². The zero-order valence-corrected chi connectivity index (χ0v) is 13.7. The van der Waals surface area contributed by atoms with E-state index >= 15 is 0 Å². The van der Waals surface area contributed by atoms with Crippen LogP contribution in [0, 0.1) is 3.57 Å². The van der Waals surface area contributed by atoms with Crippen molar-refractivity contribution in [2.24, 2.45) is 0 Å². The zero-order chi connectivity index (χ0) is 14.4. The second-order valence-electron chi connectivity index (χ2n) is 4.49. The molecule has 5 heteroatoms. The molecule has 0 atom stereocenters. The van der Waals surface area contributed by atoms with Gasteiger partial charge < -0.3 is 9.80 Å². The molecular weight excluding hydrogens is 355 g/mol. The van der Waals surface area contributed by atoms with Crippen LogP contribution in [-0.4, -0.2) is 48.8 Å². The molecule has 0 aliphatic rings. The molecule has 0 aliphatic heterocycles. The van der Waals surface area contributed by atoms with Gasteiger partial charge in [0.05, 0.1) is 5.56 Å². The minimum absolute atomic E-state index is 0.0623. The first kappa shape index (κ1) is 15.9. The fourth-order valence-corrected chi connectivity index (χ4v) is 2.25. The van der Waals surface area contributed by atoms with Crippen molar-refractivity contribution in [3.05, 3.63) is 33.4 Å². The number of hydrogen-bond acceptors (Lipinski definition) is 2. The Morgan fingerprint density at radius 2 is 1.84 bits per heavy atom. The van der Waals surface area contributed by atoms with Crippen molar-refractivity contribution in [3.8, 4) is 0 Å². The van der Waals surface area contributed by atoms with Crippen LogP contribution in [0.5, 0.6) is 0 Å². The Bertz CT molecular complexity index is 461. The largest absolute Gasteiger partial charge is 0.347 e. The molecule has 19 heavy (non-hydrogen) atoms. The Labute approximate surface area is 127 Å².